The van der Waals surface area contributed by atoms with E-state index in [-0.39, 0.29) is 34.3 Å². The third kappa shape index (κ3) is 2.24. The van der Waals surface area contributed by atoms with Crippen LogP contribution in [0.25, 0.3) is 0 Å². The fourth-order valence-electron chi connectivity index (χ4n) is 4.02. The molecule has 0 amide bonds. The molecule has 2 fully saturated rings. The molecule has 19 heavy (non-hydrogen) atoms. The maximum Gasteiger partial charge on any atom is 0.127 e. The minimum absolute atomic E-state index is 0. The van der Waals surface area contributed by atoms with Crippen molar-refractivity contribution in [2.45, 2.75) is 43.2 Å². The van der Waals surface area contributed by atoms with Crippen LogP contribution in [-0.2, 0) is 5.41 Å². The van der Waals surface area contributed by atoms with Crippen molar-refractivity contribution >= 4 is 0 Å². The smallest absolute Gasteiger partial charge is 0.127 e. The van der Waals surface area contributed by atoms with Crippen molar-refractivity contribution in [1.29, 1.82) is 0 Å². The molecule has 1 unspecified atom stereocenters. The number of likely N-dealkylation sites (tertiary alicyclic amines) is 1. The average molecular weight is 330 g/mol. The van der Waals surface area contributed by atoms with Gasteiger partial charge in [-0.1, -0.05) is 18.2 Å². The second-order valence-corrected chi connectivity index (χ2v) is 5.93. The number of fused-ring (bicyclic) bond motifs is 2. The highest BCUT2D eigenvalue weighted by molar-refractivity contribution is 5.30. The number of aliphatic hydroxyl groups excluding tert-OH is 1. The molecule has 1 heterocycles. The van der Waals surface area contributed by atoms with Gasteiger partial charge in [-0.2, -0.15) is 0 Å². The first kappa shape index (κ1) is 14.9. The first-order valence-corrected chi connectivity index (χ1v) is 6.90. The van der Waals surface area contributed by atoms with E-state index in [0.29, 0.717) is 0 Å². The number of halogens is 2. The van der Waals surface area contributed by atoms with Crippen LogP contribution in [0.3, 0.4) is 0 Å². The minimum Gasteiger partial charge on any atom is -1.00 e. The fraction of sp³-hybridized carbons (Fsp3) is 0.600. The van der Waals surface area contributed by atoms with Crippen LogP contribution in [-0.4, -0.2) is 30.8 Å². The molecular weight excluding hydrogens is 309 g/mol. The van der Waals surface area contributed by atoms with Gasteiger partial charge in [0.1, 0.15) is 18.0 Å². The lowest BCUT2D eigenvalue weighted by molar-refractivity contribution is -0.919. The number of quaternary nitrogens is 1. The predicted molar refractivity (Wildman–Crippen MR) is 68.1 cm³/mol. The van der Waals surface area contributed by atoms with E-state index in [9.17, 15) is 9.50 Å². The molecule has 2 bridgehead atoms. The van der Waals surface area contributed by atoms with E-state index in [1.807, 2.05) is 12.1 Å². The average Bonchev–Trinajstić information content (AvgIpc) is 2.36. The van der Waals surface area contributed by atoms with E-state index in [0.717, 1.165) is 37.8 Å². The summed E-state index contributed by atoms with van der Waals surface area (Å²) in [6, 6.07) is 7.26. The van der Waals surface area contributed by atoms with Gasteiger partial charge >= 0.3 is 0 Å². The number of nitrogens with one attached hydrogen (secondary N) is 1. The zero-order valence-electron chi connectivity index (χ0n) is 11.2. The minimum atomic E-state index is -0.406. The summed E-state index contributed by atoms with van der Waals surface area (Å²) in [5.74, 6) is -0.156. The number of hydrogen-bond donors (Lipinski definition) is 2. The van der Waals surface area contributed by atoms with Crippen molar-refractivity contribution in [3.63, 3.8) is 0 Å². The highest BCUT2D eigenvalue weighted by atomic mass is 79.9. The number of benzene rings is 1. The molecule has 1 aliphatic carbocycles. The molecule has 1 aromatic carbocycles. The number of piperidine rings is 1. The van der Waals surface area contributed by atoms with E-state index >= 15 is 0 Å². The molecular formula is C15H21BrFNO. The van der Waals surface area contributed by atoms with Crippen molar-refractivity contribution in [3.8, 4) is 0 Å². The van der Waals surface area contributed by atoms with Gasteiger partial charge in [0.25, 0.3) is 0 Å². The predicted octanol–water partition coefficient (Wildman–Crippen LogP) is -2.10. The monoisotopic (exact) mass is 329 g/mol. The van der Waals surface area contributed by atoms with Gasteiger partial charge in [0, 0.05) is 18.3 Å². The van der Waals surface area contributed by atoms with Crippen molar-refractivity contribution in [3.05, 3.63) is 35.6 Å². The van der Waals surface area contributed by atoms with Crippen LogP contribution < -0.4 is 21.9 Å². The van der Waals surface area contributed by atoms with Gasteiger partial charge in [0.2, 0.25) is 0 Å². The highest BCUT2D eigenvalue weighted by Crippen LogP contribution is 2.44. The molecule has 0 spiro atoms. The van der Waals surface area contributed by atoms with Gasteiger partial charge in [-0.25, -0.2) is 4.39 Å². The van der Waals surface area contributed by atoms with E-state index in [1.165, 1.54) is 11.0 Å². The Labute approximate surface area is 124 Å². The van der Waals surface area contributed by atoms with Crippen molar-refractivity contribution in [1.82, 2.24) is 0 Å². The van der Waals surface area contributed by atoms with Crippen molar-refractivity contribution in [2.75, 3.05) is 13.6 Å². The molecule has 3 rings (SSSR count). The highest BCUT2D eigenvalue weighted by Gasteiger charge is 2.53. The molecule has 0 radical (unpaired) electrons. The number of hydrogen-bond acceptors (Lipinski definition) is 1. The molecule has 1 aromatic rings. The Hall–Kier alpha value is -0.450. The summed E-state index contributed by atoms with van der Waals surface area (Å²) in [6.07, 6.45) is 3.55. The van der Waals surface area contributed by atoms with E-state index in [1.54, 1.807) is 6.07 Å². The van der Waals surface area contributed by atoms with Crippen LogP contribution in [0, 0.1) is 5.82 Å². The summed E-state index contributed by atoms with van der Waals surface area (Å²) in [6.45, 7) is 1.02. The van der Waals surface area contributed by atoms with Crippen LogP contribution in [0.15, 0.2) is 24.3 Å². The van der Waals surface area contributed by atoms with E-state index < -0.39 is 6.10 Å². The lowest BCUT2D eigenvalue weighted by Crippen LogP contribution is -3.16. The Morgan fingerprint density at radius 2 is 2.05 bits per heavy atom. The number of aliphatic hydroxyl groups is 1. The number of rotatable bonds is 1. The molecule has 1 saturated carbocycles. The van der Waals surface area contributed by atoms with Crippen LogP contribution >= 0.6 is 0 Å². The molecule has 4 atom stereocenters. The Balaban J connectivity index is 0.00000133. The van der Waals surface area contributed by atoms with Gasteiger partial charge in [-0.15, -0.1) is 0 Å². The van der Waals surface area contributed by atoms with E-state index in [2.05, 4.69) is 7.05 Å². The van der Waals surface area contributed by atoms with Gasteiger partial charge < -0.3 is 27.0 Å². The van der Waals surface area contributed by atoms with Crippen LogP contribution in [0.1, 0.15) is 31.2 Å². The first-order valence-electron chi connectivity index (χ1n) is 6.90. The van der Waals surface area contributed by atoms with Crippen LogP contribution in [0.5, 0.6) is 0 Å². The molecule has 0 aromatic heterocycles. The fourth-order valence-corrected chi connectivity index (χ4v) is 4.02. The molecule has 2 N–H and O–H groups in total. The molecule has 1 aliphatic heterocycles. The van der Waals surface area contributed by atoms with E-state index in [4.69, 9.17) is 0 Å². The van der Waals surface area contributed by atoms with Gasteiger partial charge in [0.15, 0.2) is 0 Å². The quantitative estimate of drug-likeness (QED) is 0.606. The summed E-state index contributed by atoms with van der Waals surface area (Å²) in [4.78, 5) is 1.40. The summed E-state index contributed by atoms with van der Waals surface area (Å²) >= 11 is 0. The third-order valence-electron chi connectivity index (χ3n) is 5.09. The maximum atomic E-state index is 14.1. The second-order valence-electron chi connectivity index (χ2n) is 5.93. The zero-order chi connectivity index (χ0) is 12.8. The molecule has 2 nitrogen and oxygen atoms in total. The summed E-state index contributed by atoms with van der Waals surface area (Å²) in [5.41, 5.74) is 0.392. The summed E-state index contributed by atoms with van der Waals surface area (Å²) in [5, 5.41) is 10.7. The van der Waals surface area contributed by atoms with Crippen molar-refractivity contribution < 1.29 is 31.4 Å². The van der Waals surface area contributed by atoms with Crippen molar-refractivity contribution in [2.24, 2.45) is 0 Å². The first-order chi connectivity index (χ1) is 8.65. The normalized spacial score (nSPS) is 37.5. The molecule has 4 heteroatoms. The lowest BCUT2D eigenvalue weighted by Gasteiger charge is -2.51. The topological polar surface area (TPSA) is 24.7 Å². The third-order valence-corrected chi connectivity index (χ3v) is 5.09. The standard InChI is InChI=1S/C15H20FNO.BrH/c1-17-10-9-15(8-4-7-13(17)14(15)18)11-5-2-3-6-12(11)16;/h2-3,5-6,13-14,18H,4,7-10H2,1H3;1H/t13-,14-,15-;/m1./s1. The Bertz CT molecular complexity index is 456. The zero-order valence-corrected chi connectivity index (χ0v) is 12.8. The molecule has 106 valence electrons. The molecule has 1 saturated heterocycles. The second kappa shape index (κ2) is 5.51. The van der Waals surface area contributed by atoms with Gasteiger partial charge in [-0.3, -0.25) is 0 Å². The van der Waals surface area contributed by atoms with Crippen LogP contribution in [0.4, 0.5) is 4.39 Å². The largest absolute Gasteiger partial charge is 1.00 e. The van der Waals surface area contributed by atoms with Gasteiger partial charge in [0.05, 0.1) is 13.6 Å². The summed E-state index contributed by atoms with van der Waals surface area (Å²) < 4.78 is 14.1. The Morgan fingerprint density at radius 1 is 1.32 bits per heavy atom. The lowest BCUT2D eigenvalue weighted by atomic mass is 9.61. The maximum absolute atomic E-state index is 14.1. The van der Waals surface area contributed by atoms with Crippen LogP contribution in [0.2, 0.25) is 0 Å². The molecule has 2 aliphatic rings. The van der Waals surface area contributed by atoms with Gasteiger partial charge in [-0.05, 0) is 24.5 Å². The Morgan fingerprint density at radius 3 is 2.79 bits per heavy atom. The summed E-state index contributed by atoms with van der Waals surface area (Å²) in [7, 11) is 2.14. The SMILES string of the molecule is C[NH+]1CC[C@@]2(c3ccccc3F)CCC[C@@H]1[C@H]2O.[Br-]. The Kier molecular flexibility index (Phi) is 4.33. The number of likely N-dealkylation sites (N-methyl/N-ethyl adjacent to an activating group) is 1.